The molecule has 0 saturated carbocycles. The van der Waals surface area contributed by atoms with Crippen molar-refractivity contribution in [3.63, 3.8) is 0 Å². The average Bonchev–Trinajstić information content (AvgIpc) is 3.60. The molecule has 8 heteroatoms. The Morgan fingerprint density at radius 2 is 0.696 bits per heavy atom. The molecule has 7 nitrogen and oxygen atoms in total. The second-order valence-corrected chi connectivity index (χ2v) is 14.2. The van der Waals surface area contributed by atoms with Crippen LogP contribution < -0.4 is 0 Å². The van der Waals surface area contributed by atoms with Crippen molar-refractivity contribution in [3.05, 3.63) is 186 Å². The maximum absolute atomic E-state index is 5.21. The van der Waals surface area contributed by atoms with Gasteiger partial charge >= 0.3 is 0 Å². The molecule has 0 saturated heterocycles. The van der Waals surface area contributed by atoms with E-state index in [4.69, 9.17) is 29.9 Å². The highest BCUT2D eigenvalue weighted by Crippen LogP contribution is 2.41. The van der Waals surface area contributed by atoms with E-state index in [0.29, 0.717) is 34.9 Å². The van der Waals surface area contributed by atoms with Crippen molar-refractivity contribution in [2.45, 2.75) is 0 Å². The molecule has 10 aromatic rings. The lowest BCUT2D eigenvalue weighted by atomic mass is 10.0. The van der Waals surface area contributed by atoms with Crippen LogP contribution in [0.1, 0.15) is 0 Å². The highest BCUT2D eigenvalue weighted by atomic mass is 79.9. The Kier molecular flexibility index (Phi) is 8.50. The van der Waals surface area contributed by atoms with Gasteiger partial charge in [0.1, 0.15) is 0 Å². The van der Waals surface area contributed by atoms with Crippen molar-refractivity contribution in [2.75, 3.05) is 0 Å². The Bertz CT molecular complexity index is 2760. The Labute approximate surface area is 331 Å². The summed E-state index contributed by atoms with van der Waals surface area (Å²) in [5, 5.41) is 2.22. The summed E-state index contributed by atoms with van der Waals surface area (Å²) in [6, 6.07) is 61.2. The molecule has 0 aliphatic heterocycles. The van der Waals surface area contributed by atoms with E-state index in [1.807, 2.05) is 127 Å². The molecule has 0 spiro atoms. The van der Waals surface area contributed by atoms with Crippen LogP contribution in [0.25, 0.3) is 95.8 Å². The lowest BCUT2D eigenvalue weighted by molar-refractivity contribution is 1.05. The van der Waals surface area contributed by atoms with Crippen LogP contribution >= 0.6 is 15.9 Å². The molecule has 56 heavy (non-hydrogen) atoms. The van der Waals surface area contributed by atoms with Crippen LogP contribution in [0, 0.1) is 0 Å². The minimum absolute atomic E-state index is 0.526. The second-order valence-electron chi connectivity index (χ2n) is 13.3. The Morgan fingerprint density at radius 3 is 1.14 bits per heavy atom. The fourth-order valence-corrected chi connectivity index (χ4v) is 7.55. The van der Waals surface area contributed by atoms with E-state index in [1.165, 1.54) is 0 Å². The molecule has 3 heterocycles. The molecule has 7 aromatic carbocycles. The van der Waals surface area contributed by atoms with Gasteiger partial charge < -0.3 is 4.57 Å². The Morgan fingerprint density at radius 1 is 0.321 bits per heavy atom. The fourth-order valence-electron chi connectivity index (χ4n) is 7.19. The normalized spacial score (nSPS) is 11.3. The zero-order chi connectivity index (χ0) is 37.4. The number of halogens is 1. The largest absolute Gasteiger partial charge is 0.308 e. The van der Waals surface area contributed by atoms with Crippen molar-refractivity contribution in [1.82, 2.24) is 34.5 Å². The zero-order valence-corrected chi connectivity index (χ0v) is 31.4. The number of nitrogens with zero attached hydrogens (tertiary/aromatic N) is 7. The minimum atomic E-state index is 0.526. The fraction of sp³-hybridized carbons (Fsp3) is 0. The van der Waals surface area contributed by atoms with Gasteiger partial charge in [-0.05, 0) is 36.4 Å². The van der Waals surface area contributed by atoms with Crippen LogP contribution in [0.2, 0.25) is 0 Å². The first-order valence-electron chi connectivity index (χ1n) is 18.2. The first-order chi connectivity index (χ1) is 27.7. The van der Waals surface area contributed by atoms with Gasteiger partial charge in [0.25, 0.3) is 0 Å². The molecule has 3 aromatic heterocycles. The van der Waals surface area contributed by atoms with E-state index in [1.54, 1.807) is 0 Å². The van der Waals surface area contributed by atoms with Gasteiger partial charge in [-0.1, -0.05) is 162 Å². The van der Waals surface area contributed by atoms with Gasteiger partial charge in [-0.15, -0.1) is 0 Å². The molecule has 10 rings (SSSR count). The molecule has 0 unspecified atom stereocenters. The summed E-state index contributed by atoms with van der Waals surface area (Å²) >= 11 is 3.74. The zero-order valence-electron chi connectivity index (χ0n) is 29.8. The van der Waals surface area contributed by atoms with Crippen molar-refractivity contribution in [1.29, 1.82) is 0 Å². The number of rotatable bonds is 7. The van der Waals surface area contributed by atoms with E-state index in [2.05, 4.69) is 75.1 Å². The van der Waals surface area contributed by atoms with Crippen LogP contribution in [0.15, 0.2) is 186 Å². The molecule has 264 valence electrons. The van der Waals surface area contributed by atoms with E-state index in [9.17, 15) is 0 Å². The molecule has 0 aliphatic rings. The standard InChI is InChI=1S/C48H30BrN7/c49-35-28-29-41-39(30-35)36-24-13-14-27-40(36)56(41)42-37(47-52-43(31-16-5-1-6-17-31)50-44(53-47)32-18-7-2-8-19-32)25-15-26-38(42)48-54-45(33-20-9-3-10-21-33)51-46(55-48)34-22-11-4-12-23-34/h1-30H. The molecular weight excluding hydrogens is 754 g/mol. The number of para-hydroxylation sites is 2. The molecule has 0 N–H and O–H groups in total. The quantitative estimate of drug-likeness (QED) is 0.160. The number of hydrogen-bond donors (Lipinski definition) is 0. The van der Waals surface area contributed by atoms with Crippen molar-refractivity contribution >= 4 is 37.7 Å². The molecule has 0 fully saturated rings. The van der Waals surface area contributed by atoms with Crippen molar-refractivity contribution in [3.8, 4) is 74.0 Å². The first kappa shape index (κ1) is 33.4. The van der Waals surface area contributed by atoms with Gasteiger partial charge in [0.2, 0.25) is 0 Å². The highest BCUT2D eigenvalue weighted by molar-refractivity contribution is 9.10. The number of benzene rings is 7. The lowest BCUT2D eigenvalue weighted by Gasteiger charge is -2.19. The van der Waals surface area contributed by atoms with Gasteiger partial charge in [-0.25, -0.2) is 29.9 Å². The third-order valence-corrected chi connectivity index (χ3v) is 10.3. The number of aromatic nitrogens is 7. The van der Waals surface area contributed by atoms with Gasteiger partial charge in [0.15, 0.2) is 34.9 Å². The summed E-state index contributed by atoms with van der Waals surface area (Å²) in [5.41, 5.74) is 8.06. The highest BCUT2D eigenvalue weighted by Gasteiger charge is 2.24. The van der Waals surface area contributed by atoms with Crippen LogP contribution in [0.3, 0.4) is 0 Å². The lowest BCUT2D eigenvalue weighted by Crippen LogP contribution is -2.07. The molecule has 0 radical (unpaired) electrons. The SMILES string of the molecule is Brc1ccc2c(c1)c1ccccc1n2-c1c(-c2nc(-c3ccccc3)nc(-c3ccccc3)n2)cccc1-c1nc(-c2ccccc2)nc(-c2ccccc2)n1. The van der Waals surface area contributed by atoms with Crippen LogP contribution in [0.5, 0.6) is 0 Å². The number of hydrogen-bond acceptors (Lipinski definition) is 6. The van der Waals surface area contributed by atoms with Crippen molar-refractivity contribution < 1.29 is 0 Å². The molecular formula is C48H30BrN7. The van der Waals surface area contributed by atoms with Gasteiger partial charge in [-0.3, -0.25) is 0 Å². The summed E-state index contributed by atoms with van der Waals surface area (Å²) in [4.78, 5) is 30.9. The molecule has 0 atom stereocenters. The smallest absolute Gasteiger partial charge is 0.166 e. The summed E-state index contributed by atoms with van der Waals surface area (Å²) in [5.74, 6) is 3.37. The summed E-state index contributed by atoms with van der Waals surface area (Å²) in [7, 11) is 0. The Hall–Kier alpha value is -7.16. The van der Waals surface area contributed by atoms with E-state index in [-0.39, 0.29) is 0 Å². The third kappa shape index (κ3) is 6.12. The molecule has 0 amide bonds. The topological polar surface area (TPSA) is 82.3 Å². The summed E-state index contributed by atoms with van der Waals surface area (Å²) in [6.07, 6.45) is 0. The predicted molar refractivity (Wildman–Crippen MR) is 228 cm³/mol. The monoisotopic (exact) mass is 783 g/mol. The Balaban J connectivity index is 1.33. The van der Waals surface area contributed by atoms with E-state index >= 15 is 0 Å². The maximum atomic E-state index is 5.21. The minimum Gasteiger partial charge on any atom is -0.308 e. The average molecular weight is 785 g/mol. The molecule has 0 bridgehead atoms. The summed E-state index contributed by atoms with van der Waals surface area (Å²) < 4.78 is 3.29. The van der Waals surface area contributed by atoms with Crippen molar-refractivity contribution in [2.24, 2.45) is 0 Å². The number of fused-ring (bicyclic) bond motifs is 3. The third-order valence-electron chi connectivity index (χ3n) is 9.77. The van der Waals surface area contributed by atoms with Gasteiger partial charge in [-0.2, -0.15) is 0 Å². The van der Waals surface area contributed by atoms with E-state index < -0.39 is 0 Å². The first-order valence-corrected chi connectivity index (χ1v) is 19.0. The van der Waals surface area contributed by atoms with Crippen LogP contribution in [-0.2, 0) is 0 Å². The predicted octanol–water partition coefficient (Wildman–Crippen LogP) is 11.9. The summed E-state index contributed by atoms with van der Waals surface area (Å²) in [6.45, 7) is 0. The van der Waals surface area contributed by atoms with E-state index in [0.717, 1.165) is 65.3 Å². The van der Waals surface area contributed by atoms with Crippen LogP contribution in [0.4, 0.5) is 0 Å². The van der Waals surface area contributed by atoms with Crippen LogP contribution in [-0.4, -0.2) is 34.5 Å². The molecule has 0 aliphatic carbocycles. The van der Waals surface area contributed by atoms with Gasteiger partial charge in [0.05, 0.1) is 16.7 Å². The van der Waals surface area contributed by atoms with Gasteiger partial charge in [0, 0.05) is 48.6 Å². The maximum Gasteiger partial charge on any atom is 0.166 e. The second kappa shape index (κ2) is 14.2.